The highest BCUT2D eigenvalue weighted by Gasteiger charge is 2.24. The summed E-state index contributed by atoms with van der Waals surface area (Å²) in [5.41, 5.74) is 2.21. The Balaban J connectivity index is 1.71. The zero-order chi connectivity index (χ0) is 17.6. The minimum absolute atomic E-state index is 0.169. The summed E-state index contributed by atoms with van der Waals surface area (Å²) in [5.74, 6) is 1.39. The summed E-state index contributed by atoms with van der Waals surface area (Å²) < 4.78 is 12.7. The van der Waals surface area contributed by atoms with Crippen LogP contribution >= 0.6 is 0 Å². The number of aromatic nitrogens is 1. The van der Waals surface area contributed by atoms with Crippen LogP contribution in [0.25, 0.3) is 0 Å². The van der Waals surface area contributed by atoms with Crippen molar-refractivity contribution >= 4 is 5.91 Å². The molecule has 0 unspecified atom stereocenters. The fourth-order valence-electron chi connectivity index (χ4n) is 3.37. The van der Waals surface area contributed by atoms with E-state index < -0.39 is 0 Å². The summed E-state index contributed by atoms with van der Waals surface area (Å²) in [6.45, 7) is 3.12. The van der Waals surface area contributed by atoms with E-state index in [1.807, 2.05) is 29.2 Å². The summed E-state index contributed by atoms with van der Waals surface area (Å²) in [5, 5.41) is 0. The molecule has 0 radical (unpaired) electrons. The van der Waals surface area contributed by atoms with E-state index in [1.54, 1.807) is 14.2 Å². The smallest absolute Gasteiger partial charge is 0.227 e. The number of rotatable bonds is 6. The van der Waals surface area contributed by atoms with Gasteiger partial charge in [0.2, 0.25) is 5.91 Å². The van der Waals surface area contributed by atoms with Crippen molar-refractivity contribution in [2.24, 2.45) is 5.92 Å². The number of ether oxygens (including phenoxy) is 2. The first kappa shape index (κ1) is 17.5. The van der Waals surface area contributed by atoms with Crippen LogP contribution in [0, 0.1) is 5.92 Å². The predicted molar refractivity (Wildman–Crippen MR) is 96.5 cm³/mol. The monoisotopic (exact) mass is 342 g/mol. The van der Waals surface area contributed by atoms with Gasteiger partial charge < -0.3 is 18.9 Å². The minimum Gasteiger partial charge on any atom is -0.497 e. The number of hydrogen-bond donors (Lipinski definition) is 0. The molecule has 25 heavy (non-hydrogen) atoms. The number of carbonyl (C=O) groups is 1. The molecule has 1 atom stereocenters. The van der Waals surface area contributed by atoms with Crippen LogP contribution in [0.5, 0.6) is 5.75 Å². The third-order valence-electron chi connectivity index (χ3n) is 4.81. The third-order valence-corrected chi connectivity index (χ3v) is 4.81. The molecule has 1 aliphatic rings. The van der Waals surface area contributed by atoms with Gasteiger partial charge in [0.05, 0.1) is 20.1 Å². The molecule has 3 rings (SSSR count). The number of hydrogen-bond acceptors (Lipinski definition) is 3. The molecule has 0 bridgehead atoms. The van der Waals surface area contributed by atoms with E-state index in [9.17, 15) is 4.79 Å². The SMILES string of the molecule is COCC[C@H]1CN(C(=O)Cc2ccc(OC)cc2)Cc2cccn2C1. The number of benzene rings is 1. The average Bonchev–Trinajstić information content (AvgIpc) is 2.98. The standard InChI is InChI=1S/C20H26N2O3/c1-24-11-9-17-13-21-10-3-4-18(21)15-22(14-17)20(23)12-16-5-7-19(25-2)8-6-16/h3-8,10,17H,9,11-15H2,1-2H3/t17-/m1/s1. The molecule has 5 heteroatoms. The molecule has 1 aromatic heterocycles. The van der Waals surface area contributed by atoms with Gasteiger partial charge in [0, 0.05) is 38.7 Å². The Labute approximate surface area is 149 Å². The van der Waals surface area contributed by atoms with Gasteiger partial charge in [-0.15, -0.1) is 0 Å². The topological polar surface area (TPSA) is 43.7 Å². The van der Waals surface area contributed by atoms with Gasteiger partial charge in [0.15, 0.2) is 0 Å². The van der Waals surface area contributed by atoms with Crippen LogP contribution in [0.4, 0.5) is 0 Å². The van der Waals surface area contributed by atoms with E-state index in [2.05, 4.69) is 22.9 Å². The lowest BCUT2D eigenvalue weighted by Gasteiger charge is -2.24. The summed E-state index contributed by atoms with van der Waals surface area (Å²) in [7, 11) is 3.37. The van der Waals surface area contributed by atoms with E-state index in [0.29, 0.717) is 18.9 Å². The van der Waals surface area contributed by atoms with Gasteiger partial charge >= 0.3 is 0 Å². The molecule has 2 heterocycles. The largest absolute Gasteiger partial charge is 0.497 e. The van der Waals surface area contributed by atoms with Crippen molar-refractivity contribution in [3.05, 3.63) is 53.9 Å². The molecule has 1 aliphatic heterocycles. The zero-order valence-electron chi connectivity index (χ0n) is 15.0. The molecule has 0 saturated heterocycles. The fourth-order valence-corrected chi connectivity index (χ4v) is 3.37. The molecule has 0 N–H and O–H groups in total. The molecule has 2 aromatic rings. The highest BCUT2D eigenvalue weighted by Crippen LogP contribution is 2.21. The van der Waals surface area contributed by atoms with Gasteiger partial charge in [0.25, 0.3) is 0 Å². The number of carbonyl (C=O) groups excluding carboxylic acids is 1. The second kappa shape index (κ2) is 8.21. The number of amides is 1. The summed E-state index contributed by atoms with van der Waals surface area (Å²) in [4.78, 5) is 14.9. The zero-order valence-corrected chi connectivity index (χ0v) is 15.0. The van der Waals surface area contributed by atoms with Crippen molar-refractivity contribution in [1.29, 1.82) is 0 Å². The van der Waals surface area contributed by atoms with Crippen LogP contribution in [0.3, 0.4) is 0 Å². The second-order valence-electron chi connectivity index (χ2n) is 6.60. The van der Waals surface area contributed by atoms with Gasteiger partial charge in [-0.1, -0.05) is 12.1 Å². The molecule has 134 valence electrons. The Morgan fingerprint density at radius 1 is 1.16 bits per heavy atom. The summed E-state index contributed by atoms with van der Waals surface area (Å²) in [6.07, 6.45) is 3.48. The van der Waals surface area contributed by atoms with Crippen molar-refractivity contribution in [3.63, 3.8) is 0 Å². The molecular weight excluding hydrogens is 316 g/mol. The highest BCUT2D eigenvalue weighted by molar-refractivity contribution is 5.78. The van der Waals surface area contributed by atoms with Gasteiger partial charge in [-0.25, -0.2) is 0 Å². The Morgan fingerprint density at radius 2 is 1.96 bits per heavy atom. The van der Waals surface area contributed by atoms with Crippen molar-refractivity contribution in [3.8, 4) is 5.75 Å². The van der Waals surface area contributed by atoms with Gasteiger partial charge in [0.1, 0.15) is 5.75 Å². The van der Waals surface area contributed by atoms with Crippen molar-refractivity contribution < 1.29 is 14.3 Å². The first-order valence-electron chi connectivity index (χ1n) is 8.73. The van der Waals surface area contributed by atoms with Crippen LogP contribution in [0.15, 0.2) is 42.6 Å². The molecule has 5 nitrogen and oxygen atoms in total. The van der Waals surface area contributed by atoms with Crippen molar-refractivity contribution in [2.75, 3.05) is 27.4 Å². The van der Waals surface area contributed by atoms with Crippen LogP contribution < -0.4 is 4.74 Å². The number of fused-ring (bicyclic) bond motifs is 1. The Morgan fingerprint density at radius 3 is 2.68 bits per heavy atom. The van der Waals surface area contributed by atoms with Crippen molar-refractivity contribution in [1.82, 2.24) is 9.47 Å². The van der Waals surface area contributed by atoms with Gasteiger partial charge in [-0.05, 0) is 42.2 Å². The van der Waals surface area contributed by atoms with E-state index in [1.165, 1.54) is 5.69 Å². The lowest BCUT2D eigenvalue weighted by molar-refractivity contribution is -0.131. The second-order valence-corrected chi connectivity index (χ2v) is 6.60. The maximum absolute atomic E-state index is 12.9. The Kier molecular flexibility index (Phi) is 5.76. The Bertz CT molecular complexity index is 693. The van der Waals surface area contributed by atoms with Crippen LogP contribution in [0.2, 0.25) is 0 Å². The van der Waals surface area contributed by atoms with E-state index in [-0.39, 0.29) is 5.91 Å². The lowest BCUT2D eigenvalue weighted by atomic mass is 10.0. The lowest BCUT2D eigenvalue weighted by Crippen LogP contribution is -2.35. The molecule has 0 saturated carbocycles. The maximum Gasteiger partial charge on any atom is 0.227 e. The van der Waals surface area contributed by atoms with Crippen LogP contribution in [-0.2, 0) is 29.0 Å². The molecule has 0 spiro atoms. The van der Waals surface area contributed by atoms with E-state index in [4.69, 9.17) is 9.47 Å². The molecule has 0 fully saturated rings. The van der Waals surface area contributed by atoms with Gasteiger partial charge in [-0.3, -0.25) is 4.79 Å². The highest BCUT2D eigenvalue weighted by atomic mass is 16.5. The van der Waals surface area contributed by atoms with Gasteiger partial charge in [-0.2, -0.15) is 0 Å². The quantitative estimate of drug-likeness (QED) is 0.811. The first-order valence-corrected chi connectivity index (χ1v) is 8.73. The van der Waals surface area contributed by atoms with Crippen LogP contribution in [-0.4, -0.2) is 42.7 Å². The molecule has 1 aromatic carbocycles. The van der Waals surface area contributed by atoms with E-state index >= 15 is 0 Å². The number of nitrogens with zero attached hydrogens (tertiary/aromatic N) is 2. The molecule has 1 amide bonds. The molecule has 0 aliphatic carbocycles. The average molecular weight is 342 g/mol. The normalized spacial score (nSPS) is 17.0. The maximum atomic E-state index is 12.9. The summed E-state index contributed by atoms with van der Waals surface area (Å²) >= 11 is 0. The Hall–Kier alpha value is -2.27. The summed E-state index contributed by atoms with van der Waals surface area (Å²) in [6, 6.07) is 11.9. The van der Waals surface area contributed by atoms with Crippen molar-refractivity contribution in [2.45, 2.75) is 25.9 Å². The number of methoxy groups -OCH3 is 2. The molecular formula is C20H26N2O3. The predicted octanol–water partition coefficient (Wildman–Crippen LogP) is 2.73. The fraction of sp³-hybridized carbons (Fsp3) is 0.450. The minimum atomic E-state index is 0.169. The van der Waals surface area contributed by atoms with E-state index in [0.717, 1.165) is 37.4 Å². The first-order chi connectivity index (χ1) is 12.2. The van der Waals surface area contributed by atoms with Crippen LogP contribution in [0.1, 0.15) is 17.7 Å². The third kappa shape index (κ3) is 4.42.